The van der Waals surface area contributed by atoms with Crippen molar-refractivity contribution in [1.29, 1.82) is 0 Å². The number of carbonyl (C=O) groups excluding carboxylic acids is 1. The van der Waals surface area contributed by atoms with E-state index in [0.29, 0.717) is 17.1 Å². The minimum absolute atomic E-state index is 0.155. The summed E-state index contributed by atoms with van der Waals surface area (Å²) >= 11 is 0. The first-order chi connectivity index (χ1) is 8.97. The van der Waals surface area contributed by atoms with E-state index in [2.05, 4.69) is 10.3 Å². The van der Waals surface area contributed by atoms with E-state index in [4.69, 9.17) is 5.73 Å². The highest BCUT2D eigenvalue weighted by molar-refractivity contribution is 6.06. The molecule has 0 spiro atoms. The minimum Gasteiger partial charge on any atom is -0.507 e. The van der Waals surface area contributed by atoms with Gasteiger partial charge in [-0.25, -0.2) is 9.37 Å². The number of phenols is 1. The number of aromatic hydroxyl groups is 1. The molecular weight excluding hydrogens is 249 g/mol. The number of nitrogen functional groups attached to an aromatic ring is 1. The number of aryl methyl sites for hydroxylation is 1. The zero-order valence-electron chi connectivity index (χ0n) is 10.1. The number of anilines is 2. The molecule has 0 aliphatic carbocycles. The monoisotopic (exact) mass is 261 g/mol. The lowest BCUT2D eigenvalue weighted by molar-refractivity contribution is 0.102. The lowest BCUT2D eigenvalue weighted by atomic mass is 10.1. The third-order valence-corrected chi connectivity index (χ3v) is 2.53. The zero-order chi connectivity index (χ0) is 14.0. The van der Waals surface area contributed by atoms with Crippen LogP contribution in [0.5, 0.6) is 5.75 Å². The molecule has 0 aliphatic heterocycles. The predicted molar refractivity (Wildman–Crippen MR) is 69.4 cm³/mol. The molecule has 0 saturated heterocycles. The van der Waals surface area contributed by atoms with E-state index in [-0.39, 0.29) is 11.3 Å². The molecule has 5 nitrogen and oxygen atoms in total. The molecule has 19 heavy (non-hydrogen) atoms. The van der Waals surface area contributed by atoms with Crippen LogP contribution in [0.15, 0.2) is 30.5 Å². The van der Waals surface area contributed by atoms with E-state index in [9.17, 15) is 14.3 Å². The predicted octanol–water partition coefficient (Wildman–Crippen LogP) is 2.07. The van der Waals surface area contributed by atoms with Gasteiger partial charge in [-0.15, -0.1) is 0 Å². The number of aromatic nitrogens is 1. The average molecular weight is 261 g/mol. The SMILES string of the molecule is Cc1cc(N)cnc1NC(=O)c1cc(F)ccc1O. The van der Waals surface area contributed by atoms with Crippen LogP contribution in [0.1, 0.15) is 15.9 Å². The molecule has 0 saturated carbocycles. The van der Waals surface area contributed by atoms with Crippen molar-refractivity contribution in [1.82, 2.24) is 4.98 Å². The largest absolute Gasteiger partial charge is 0.507 e. The van der Waals surface area contributed by atoms with Crippen LogP contribution in [-0.2, 0) is 0 Å². The Bertz CT molecular complexity index is 644. The third kappa shape index (κ3) is 2.79. The lowest BCUT2D eigenvalue weighted by Gasteiger charge is -2.09. The maximum Gasteiger partial charge on any atom is 0.260 e. The second kappa shape index (κ2) is 4.93. The van der Waals surface area contributed by atoms with Gasteiger partial charge >= 0.3 is 0 Å². The summed E-state index contributed by atoms with van der Waals surface area (Å²) < 4.78 is 13.1. The number of nitrogens with zero attached hydrogens (tertiary/aromatic N) is 1. The second-order valence-electron chi connectivity index (χ2n) is 4.05. The minimum atomic E-state index is -0.641. The fourth-order valence-electron chi connectivity index (χ4n) is 1.59. The molecule has 0 aliphatic rings. The van der Waals surface area contributed by atoms with Crippen molar-refractivity contribution < 1.29 is 14.3 Å². The fourth-order valence-corrected chi connectivity index (χ4v) is 1.59. The Morgan fingerprint density at radius 2 is 2.16 bits per heavy atom. The number of rotatable bonds is 2. The first-order valence-corrected chi connectivity index (χ1v) is 5.49. The average Bonchev–Trinajstić information content (AvgIpc) is 2.35. The van der Waals surface area contributed by atoms with E-state index in [1.807, 2.05) is 0 Å². The number of pyridine rings is 1. The number of phenolic OH excluding ortho intramolecular Hbond substituents is 1. The molecule has 4 N–H and O–H groups in total. The van der Waals surface area contributed by atoms with Crippen molar-refractivity contribution in [3.05, 3.63) is 47.4 Å². The Morgan fingerprint density at radius 3 is 2.84 bits per heavy atom. The van der Waals surface area contributed by atoms with Crippen molar-refractivity contribution in [2.45, 2.75) is 6.92 Å². The number of hydrogen-bond donors (Lipinski definition) is 3. The van der Waals surface area contributed by atoms with E-state index in [1.54, 1.807) is 13.0 Å². The molecule has 1 heterocycles. The van der Waals surface area contributed by atoms with Crippen molar-refractivity contribution in [3.63, 3.8) is 0 Å². The first-order valence-electron chi connectivity index (χ1n) is 5.49. The van der Waals surface area contributed by atoms with Crippen LogP contribution in [0.25, 0.3) is 0 Å². The second-order valence-corrected chi connectivity index (χ2v) is 4.05. The van der Waals surface area contributed by atoms with Crippen LogP contribution >= 0.6 is 0 Å². The van der Waals surface area contributed by atoms with E-state index < -0.39 is 11.7 Å². The molecule has 2 aromatic rings. The smallest absolute Gasteiger partial charge is 0.260 e. The molecule has 0 atom stereocenters. The summed E-state index contributed by atoms with van der Waals surface area (Å²) in [4.78, 5) is 15.9. The Balaban J connectivity index is 2.28. The summed E-state index contributed by atoms with van der Waals surface area (Å²) in [6.45, 7) is 1.73. The number of nitrogens with two attached hydrogens (primary N) is 1. The normalized spacial score (nSPS) is 10.2. The Kier molecular flexibility index (Phi) is 3.33. The molecule has 0 radical (unpaired) electrons. The zero-order valence-corrected chi connectivity index (χ0v) is 10.1. The Labute approximate surface area is 108 Å². The van der Waals surface area contributed by atoms with Gasteiger partial charge in [0.15, 0.2) is 0 Å². The van der Waals surface area contributed by atoms with Gasteiger partial charge in [-0.1, -0.05) is 0 Å². The van der Waals surface area contributed by atoms with Crippen molar-refractivity contribution in [2.75, 3.05) is 11.1 Å². The summed E-state index contributed by atoms with van der Waals surface area (Å²) in [5.41, 5.74) is 6.54. The fraction of sp³-hybridized carbons (Fsp3) is 0.0769. The van der Waals surface area contributed by atoms with Crippen molar-refractivity contribution >= 4 is 17.4 Å². The molecule has 98 valence electrons. The number of hydrogen-bond acceptors (Lipinski definition) is 4. The molecule has 0 bridgehead atoms. The van der Waals surface area contributed by atoms with Gasteiger partial charge in [0.2, 0.25) is 0 Å². The lowest BCUT2D eigenvalue weighted by Crippen LogP contribution is -2.14. The summed E-state index contributed by atoms with van der Waals surface area (Å²) in [6, 6.07) is 4.79. The van der Waals surface area contributed by atoms with Gasteiger partial charge in [-0.2, -0.15) is 0 Å². The van der Waals surface area contributed by atoms with Crippen LogP contribution in [0.4, 0.5) is 15.9 Å². The van der Waals surface area contributed by atoms with Gasteiger partial charge in [0.1, 0.15) is 17.4 Å². The number of nitrogens with one attached hydrogen (secondary N) is 1. The highest BCUT2D eigenvalue weighted by Gasteiger charge is 2.14. The maximum absolute atomic E-state index is 13.1. The summed E-state index contributed by atoms with van der Waals surface area (Å²) in [6.07, 6.45) is 1.40. The number of amides is 1. The molecule has 0 fully saturated rings. The standard InChI is InChI=1S/C13H12FN3O2/c1-7-4-9(15)6-16-12(7)17-13(19)10-5-8(14)2-3-11(10)18/h2-6,18H,15H2,1H3,(H,16,17,19). The highest BCUT2D eigenvalue weighted by Crippen LogP contribution is 2.20. The van der Waals surface area contributed by atoms with Crippen LogP contribution < -0.4 is 11.1 Å². The molecule has 1 aromatic heterocycles. The van der Waals surface area contributed by atoms with Crippen LogP contribution in [0.3, 0.4) is 0 Å². The first kappa shape index (κ1) is 12.8. The van der Waals surface area contributed by atoms with Crippen LogP contribution in [-0.4, -0.2) is 16.0 Å². The quantitative estimate of drug-likeness (QED) is 0.772. The maximum atomic E-state index is 13.1. The van der Waals surface area contributed by atoms with E-state index in [0.717, 1.165) is 18.2 Å². The molecule has 0 unspecified atom stereocenters. The highest BCUT2D eigenvalue weighted by atomic mass is 19.1. The number of halogens is 1. The number of carbonyl (C=O) groups is 1. The van der Waals surface area contributed by atoms with Crippen molar-refractivity contribution in [3.8, 4) is 5.75 Å². The molecule has 6 heteroatoms. The van der Waals surface area contributed by atoms with Gasteiger partial charge < -0.3 is 16.2 Å². The van der Waals surface area contributed by atoms with Crippen LogP contribution in [0, 0.1) is 12.7 Å². The van der Waals surface area contributed by atoms with Gasteiger partial charge in [-0.05, 0) is 36.8 Å². The molecule has 1 amide bonds. The summed E-state index contributed by atoms with van der Waals surface area (Å²) in [7, 11) is 0. The Hall–Kier alpha value is -2.63. The van der Waals surface area contributed by atoms with E-state index >= 15 is 0 Å². The van der Waals surface area contributed by atoms with E-state index in [1.165, 1.54) is 6.20 Å². The molecular formula is C13H12FN3O2. The molecule has 2 rings (SSSR count). The molecule has 1 aromatic carbocycles. The van der Waals surface area contributed by atoms with Crippen LogP contribution in [0.2, 0.25) is 0 Å². The van der Waals surface area contributed by atoms with Gasteiger partial charge in [0.05, 0.1) is 17.4 Å². The summed E-state index contributed by atoms with van der Waals surface area (Å²) in [5.74, 6) is -1.24. The topological polar surface area (TPSA) is 88.2 Å². The van der Waals surface area contributed by atoms with Gasteiger partial charge in [0, 0.05) is 0 Å². The Morgan fingerprint density at radius 1 is 1.42 bits per heavy atom. The third-order valence-electron chi connectivity index (χ3n) is 2.53. The number of benzene rings is 1. The summed E-state index contributed by atoms with van der Waals surface area (Å²) in [5, 5.41) is 12.0. The van der Waals surface area contributed by atoms with Gasteiger partial charge in [-0.3, -0.25) is 4.79 Å². The van der Waals surface area contributed by atoms with Crippen molar-refractivity contribution in [2.24, 2.45) is 0 Å². The van der Waals surface area contributed by atoms with Gasteiger partial charge in [0.25, 0.3) is 5.91 Å².